The van der Waals surface area contributed by atoms with E-state index in [0.29, 0.717) is 38.5 Å². The summed E-state index contributed by atoms with van der Waals surface area (Å²) in [4.78, 5) is 64.5. The molecular weight excluding hydrogens is 752 g/mol. The Morgan fingerprint density at radius 2 is 1.36 bits per heavy atom. The third-order valence-corrected chi connectivity index (χ3v) is 16.6. The van der Waals surface area contributed by atoms with E-state index in [2.05, 4.69) is 40.7 Å². The van der Waals surface area contributed by atoms with Gasteiger partial charge in [0.1, 0.15) is 12.7 Å². The van der Waals surface area contributed by atoms with Crippen LogP contribution in [0.25, 0.3) is 0 Å². The van der Waals surface area contributed by atoms with Gasteiger partial charge in [0.25, 0.3) is 0 Å². The van der Waals surface area contributed by atoms with Crippen molar-refractivity contribution in [3.8, 4) is 0 Å². The van der Waals surface area contributed by atoms with Crippen molar-refractivity contribution in [3.63, 3.8) is 0 Å². The second-order valence-electron chi connectivity index (χ2n) is 20.1. The molecule has 14 heteroatoms. The number of aliphatic hydroxyl groups excluding tert-OH is 2. The molecule has 0 aromatic carbocycles. The number of rotatable bonds is 7. The second kappa shape index (κ2) is 15.1. The Labute approximate surface area is 342 Å². The molecular formula is C44H66O14. The van der Waals surface area contributed by atoms with Gasteiger partial charge in [0.2, 0.25) is 12.4 Å². The molecule has 3 N–H and O–H groups in total. The van der Waals surface area contributed by atoms with Gasteiger partial charge in [-0.1, -0.05) is 53.2 Å². The lowest BCUT2D eigenvalue weighted by atomic mass is 9.33. The maximum atomic E-state index is 15.2. The van der Waals surface area contributed by atoms with Crippen molar-refractivity contribution < 1.29 is 67.7 Å². The Balaban J connectivity index is 1.41. The number of carbonyl (C=O) groups is 5. The summed E-state index contributed by atoms with van der Waals surface area (Å²) in [5.74, 6) is -4.24. The molecule has 16 atom stereocenters. The van der Waals surface area contributed by atoms with Gasteiger partial charge in [-0.25, -0.2) is 0 Å². The van der Waals surface area contributed by atoms with Crippen LogP contribution >= 0.6 is 0 Å². The first-order valence-electron chi connectivity index (χ1n) is 21.1. The van der Waals surface area contributed by atoms with E-state index < -0.39 is 107 Å². The summed E-state index contributed by atoms with van der Waals surface area (Å²) in [7, 11) is 0. The molecule has 6 rings (SSSR count). The van der Waals surface area contributed by atoms with E-state index in [1.54, 1.807) is 6.92 Å². The zero-order chi connectivity index (χ0) is 43.1. The number of esters is 5. The van der Waals surface area contributed by atoms with Gasteiger partial charge in [-0.15, -0.1) is 0 Å². The smallest absolute Gasteiger partial charge is 0.315 e. The highest BCUT2D eigenvalue weighted by Gasteiger charge is 2.72. The van der Waals surface area contributed by atoms with Gasteiger partial charge in [0.15, 0.2) is 12.2 Å². The van der Waals surface area contributed by atoms with Crippen LogP contribution in [0, 0.1) is 50.7 Å². The number of hydrogen-bond donors (Lipinski definition) is 3. The van der Waals surface area contributed by atoms with Crippen molar-refractivity contribution in [3.05, 3.63) is 11.6 Å². The molecule has 1 heterocycles. The van der Waals surface area contributed by atoms with Crippen LogP contribution in [0.3, 0.4) is 0 Å². The Kier molecular flexibility index (Phi) is 11.6. The molecule has 58 heavy (non-hydrogen) atoms. The van der Waals surface area contributed by atoms with E-state index in [0.717, 1.165) is 39.2 Å². The van der Waals surface area contributed by atoms with Gasteiger partial charge in [-0.3, -0.25) is 24.0 Å². The predicted octanol–water partition coefficient (Wildman–Crippen LogP) is 4.72. The van der Waals surface area contributed by atoms with Crippen LogP contribution in [0.1, 0.15) is 128 Å². The van der Waals surface area contributed by atoms with E-state index >= 15 is 4.79 Å². The van der Waals surface area contributed by atoms with Gasteiger partial charge in [-0.2, -0.15) is 0 Å². The Bertz CT molecular complexity index is 1700. The van der Waals surface area contributed by atoms with E-state index in [9.17, 15) is 34.5 Å². The zero-order valence-electron chi connectivity index (χ0n) is 36.1. The number of fused-ring (bicyclic) bond motifs is 7. The Hall–Kier alpha value is -3.07. The van der Waals surface area contributed by atoms with Crippen molar-refractivity contribution >= 4 is 29.8 Å². The molecule has 326 valence electrons. The number of ether oxygens (including phenoxy) is 6. The highest BCUT2D eigenvalue weighted by atomic mass is 16.7. The molecule has 1 saturated heterocycles. The Morgan fingerprint density at radius 3 is 1.97 bits per heavy atom. The standard InChI is InChI=1S/C44H66O14/c1-22-14-17-44(38(51)58-37-34(56-26(5)48)33(55-25(4)47)32(54-24(3)46)29(57-37)21-53-23(2)45)19-18-41(9)27(35(44)43(22,11)52)12-13-31-40(8)20-28(49)36(50)39(6,7)30(40)15-16-42(31,41)10/h12,22,28-37,49-50,52H,13-21H2,1-11H3. The molecule has 0 aromatic rings. The lowest BCUT2D eigenvalue weighted by molar-refractivity contribution is -0.306. The fourth-order valence-electron chi connectivity index (χ4n) is 13.5. The highest BCUT2D eigenvalue weighted by Crippen LogP contribution is 2.76. The molecule has 1 aliphatic heterocycles. The van der Waals surface area contributed by atoms with E-state index in [1.165, 1.54) is 6.92 Å². The van der Waals surface area contributed by atoms with Gasteiger partial charge >= 0.3 is 29.8 Å². The lowest BCUT2D eigenvalue weighted by Gasteiger charge is -2.72. The number of hydrogen-bond acceptors (Lipinski definition) is 14. The van der Waals surface area contributed by atoms with Crippen LogP contribution < -0.4 is 0 Å². The first kappa shape index (κ1) is 44.5. The number of aliphatic hydroxyl groups is 3. The summed E-state index contributed by atoms with van der Waals surface area (Å²) in [6.07, 6.45) is -2.07. The maximum absolute atomic E-state index is 15.2. The molecule has 16 unspecified atom stereocenters. The van der Waals surface area contributed by atoms with Crippen molar-refractivity contribution in [1.29, 1.82) is 0 Å². The van der Waals surface area contributed by atoms with E-state index in [-0.39, 0.29) is 28.6 Å². The minimum atomic E-state index is -1.69. The van der Waals surface area contributed by atoms with E-state index in [4.69, 9.17) is 28.4 Å². The zero-order valence-corrected chi connectivity index (χ0v) is 36.1. The first-order chi connectivity index (χ1) is 26.8. The highest BCUT2D eigenvalue weighted by molar-refractivity contribution is 5.79. The van der Waals surface area contributed by atoms with Crippen molar-refractivity contribution in [2.75, 3.05) is 6.61 Å². The van der Waals surface area contributed by atoms with Crippen molar-refractivity contribution in [2.24, 2.45) is 50.7 Å². The summed E-state index contributed by atoms with van der Waals surface area (Å²) in [6, 6.07) is 0. The predicted molar refractivity (Wildman–Crippen MR) is 206 cm³/mol. The minimum Gasteiger partial charge on any atom is -0.463 e. The Morgan fingerprint density at radius 1 is 0.759 bits per heavy atom. The fraction of sp³-hybridized carbons (Fsp3) is 0.841. The summed E-state index contributed by atoms with van der Waals surface area (Å²) in [5, 5.41) is 35.1. The second-order valence-corrected chi connectivity index (χ2v) is 20.1. The van der Waals surface area contributed by atoms with Crippen LogP contribution in [0.5, 0.6) is 0 Å². The van der Waals surface area contributed by atoms with E-state index in [1.807, 2.05) is 6.92 Å². The topological polar surface area (TPSA) is 201 Å². The van der Waals surface area contributed by atoms with Crippen LogP contribution in [-0.4, -0.2) is 100 Å². The van der Waals surface area contributed by atoms with Gasteiger partial charge in [0, 0.05) is 33.6 Å². The number of allylic oxidation sites excluding steroid dienone is 1. The minimum absolute atomic E-state index is 0.164. The number of carbonyl (C=O) groups excluding carboxylic acids is 5. The average molecular weight is 819 g/mol. The fourth-order valence-corrected chi connectivity index (χ4v) is 13.5. The molecule has 4 saturated carbocycles. The quantitative estimate of drug-likeness (QED) is 0.181. The van der Waals surface area contributed by atoms with Gasteiger partial charge < -0.3 is 43.7 Å². The summed E-state index contributed by atoms with van der Waals surface area (Å²) >= 11 is 0. The largest absolute Gasteiger partial charge is 0.463 e. The van der Waals surface area contributed by atoms with Crippen LogP contribution in [0.4, 0.5) is 0 Å². The normalized spacial score (nSPS) is 46.7. The SMILES string of the molecule is CC(=O)OCC1OC(OC(=O)C23CCC(C)C(C)(O)C2C2=CCC4C5(C)CC(O)C(O)C(C)(C)C5CCC4(C)C2(C)CC3)C(OC(C)=O)C(OC(C)=O)C1OC(C)=O. The molecule has 5 aliphatic carbocycles. The molecule has 0 aromatic heterocycles. The van der Waals surface area contributed by atoms with Gasteiger partial charge in [-0.05, 0) is 97.7 Å². The maximum Gasteiger partial charge on any atom is 0.315 e. The third kappa shape index (κ3) is 6.89. The summed E-state index contributed by atoms with van der Waals surface area (Å²) in [5.41, 5.74) is -3.04. The van der Waals surface area contributed by atoms with Gasteiger partial charge in [0.05, 0.1) is 23.2 Å². The molecule has 5 fully saturated rings. The molecule has 0 amide bonds. The van der Waals surface area contributed by atoms with Crippen LogP contribution in [-0.2, 0) is 52.4 Å². The molecule has 0 bridgehead atoms. The monoisotopic (exact) mass is 818 g/mol. The third-order valence-electron chi connectivity index (χ3n) is 16.6. The lowest BCUT2D eigenvalue weighted by Crippen LogP contribution is -2.69. The molecule has 14 nitrogen and oxygen atoms in total. The summed E-state index contributed by atoms with van der Waals surface area (Å²) in [6.45, 7) is 18.9. The molecule has 0 spiro atoms. The summed E-state index contributed by atoms with van der Waals surface area (Å²) < 4.78 is 34.5. The van der Waals surface area contributed by atoms with Crippen molar-refractivity contribution in [1.82, 2.24) is 0 Å². The van der Waals surface area contributed by atoms with Crippen LogP contribution in [0.2, 0.25) is 0 Å². The first-order valence-corrected chi connectivity index (χ1v) is 21.1. The average Bonchev–Trinajstić information content (AvgIpc) is 3.10. The van der Waals surface area contributed by atoms with Crippen molar-refractivity contribution in [2.45, 2.75) is 176 Å². The van der Waals surface area contributed by atoms with Crippen LogP contribution in [0.15, 0.2) is 11.6 Å². The molecule has 0 radical (unpaired) electrons. The molecule has 6 aliphatic rings.